The first-order chi connectivity index (χ1) is 9.31. The Kier molecular flexibility index (Phi) is 6.34. The van der Waals surface area contributed by atoms with Crippen molar-refractivity contribution in [2.45, 2.75) is 25.7 Å². The van der Waals surface area contributed by atoms with E-state index in [9.17, 15) is 9.59 Å². The van der Waals surface area contributed by atoms with Crippen LogP contribution in [0, 0.1) is 0 Å². The average Bonchev–Trinajstić information content (AvgIpc) is 2.36. The van der Waals surface area contributed by atoms with Crippen LogP contribution < -0.4 is 0 Å². The second-order valence-corrected chi connectivity index (χ2v) is 4.95. The molecule has 0 aliphatic carbocycles. The Morgan fingerprint density at radius 1 is 1.30 bits per heavy atom. The van der Waals surface area contributed by atoms with Gasteiger partial charge in [0.15, 0.2) is 6.29 Å². The summed E-state index contributed by atoms with van der Waals surface area (Å²) in [5.74, 6) is -1.38. The number of hydrogen-bond acceptors (Lipinski definition) is 8. The molecule has 116 valence electrons. The van der Waals surface area contributed by atoms with Crippen molar-refractivity contribution in [2.24, 2.45) is 0 Å². The number of aliphatic hydroxyl groups is 2. The number of carbonyl (C=O) groups excluding carboxylic acids is 2. The Morgan fingerprint density at radius 2 is 1.90 bits per heavy atom. The fraction of sp³-hybridized carbons (Fsp3) is 0.833. The first kappa shape index (κ1) is 16.8. The predicted octanol–water partition coefficient (Wildman–Crippen LogP) is -1.51. The van der Waals surface area contributed by atoms with Crippen LogP contribution in [0.3, 0.4) is 0 Å². The fourth-order valence-electron chi connectivity index (χ4n) is 1.62. The molecule has 0 spiro atoms. The highest BCUT2D eigenvalue weighted by Gasteiger charge is 2.34. The number of esters is 2. The van der Waals surface area contributed by atoms with Crippen LogP contribution in [0.5, 0.6) is 0 Å². The van der Waals surface area contributed by atoms with Crippen molar-refractivity contribution in [3.8, 4) is 0 Å². The molecule has 0 unspecified atom stereocenters. The minimum Gasteiger partial charge on any atom is -0.457 e. The number of aliphatic hydroxyl groups excluding tert-OH is 1. The molecule has 1 aliphatic rings. The van der Waals surface area contributed by atoms with Gasteiger partial charge in [0.05, 0.1) is 19.8 Å². The van der Waals surface area contributed by atoms with Gasteiger partial charge in [-0.25, -0.2) is 4.79 Å². The van der Waals surface area contributed by atoms with Crippen molar-refractivity contribution in [3.05, 3.63) is 0 Å². The summed E-state index contributed by atoms with van der Waals surface area (Å²) in [5.41, 5.74) is -1.47. The van der Waals surface area contributed by atoms with Crippen LogP contribution in [-0.2, 0) is 23.8 Å². The van der Waals surface area contributed by atoms with Gasteiger partial charge in [-0.2, -0.15) is 0 Å². The third-order valence-corrected chi connectivity index (χ3v) is 2.68. The molecule has 1 fully saturated rings. The van der Waals surface area contributed by atoms with Gasteiger partial charge in [0, 0.05) is 13.1 Å². The Bertz CT molecular complexity index is 337. The molecule has 0 bridgehead atoms. The van der Waals surface area contributed by atoms with Gasteiger partial charge in [0.1, 0.15) is 6.61 Å². The molecule has 2 N–H and O–H groups in total. The van der Waals surface area contributed by atoms with Crippen LogP contribution in [0.4, 0.5) is 0 Å². The zero-order valence-corrected chi connectivity index (χ0v) is 11.7. The van der Waals surface area contributed by atoms with Crippen LogP contribution in [0.25, 0.3) is 0 Å². The van der Waals surface area contributed by atoms with Crippen LogP contribution in [0.1, 0.15) is 13.8 Å². The summed E-state index contributed by atoms with van der Waals surface area (Å²) in [5, 5.41) is 17.2. The van der Waals surface area contributed by atoms with Crippen LogP contribution >= 0.6 is 0 Å². The van der Waals surface area contributed by atoms with E-state index in [0.29, 0.717) is 26.3 Å². The number of hydrogen-bond donors (Lipinski definition) is 2. The predicted molar refractivity (Wildman–Crippen MR) is 66.6 cm³/mol. The number of nitrogens with zero attached hydrogens (tertiary/aromatic N) is 1. The highest BCUT2D eigenvalue weighted by Crippen LogP contribution is 2.13. The van der Waals surface area contributed by atoms with E-state index < -0.39 is 30.4 Å². The zero-order chi connectivity index (χ0) is 15.2. The van der Waals surface area contributed by atoms with Gasteiger partial charge in [0.2, 0.25) is 5.60 Å². The van der Waals surface area contributed by atoms with E-state index in [-0.39, 0.29) is 6.54 Å². The Hall–Kier alpha value is -1.22. The molecule has 0 saturated carbocycles. The SMILES string of the molecule is CC(C)(OC(=O)CN1CCOCC1)C(=O)OCC(O)O. The summed E-state index contributed by atoms with van der Waals surface area (Å²) in [6, 6.07) is 0. The third-order valence-electron chi connectivity index (χ3n) is 2.68. The largest absolute Gasteiger partial charge is 0.457 e. The normalized spacial score (nSPS) is 17.1. The van der Waals surface area contributed by atoms with Crippen molar-refractivity contribution in [1.29, 1.82) is 0 Å². The monoisotopic (exact) mass is 291 g/mol. The van der Waals surface area contributed by atoms with Crippen molar-refractivity contribution in [3.63, 3.8) is 0 Å². The number of ether oxygens (including phenoxy) is 3. The van der Waals surface area contributed by atoms with Gasteiger partial charge in [-0.05, 0) is 13.8 Å². The van der Waals surface area contributed by atoms with Gasteiger partial charge < -0.3 is 24.4 Å². The fourth-order valence-corrected chi connectivity index (χ4v) is 1.62. The van der Waals surface area contributed by atoms with Gasteiger partial charge in [-0.15, -0.1) is 0 Å². The molecule has 1 heterocycles. The lowest BCUT2D eigenvalue weighted by Gasteiger charge is -2.28. The second kappa shape index (κ2) is 7.53. The second-order valence-electron chi connectivity index (χ2n) is 4.95. The van der Waals surface area contributed by atoms with E-state index in [0.717, 1.165) is 0 Å². The third kappa shape index (κ3) is 5.83. The minimum atomic E-state index is -1.75. The van der Waals surface area contributed by atoms with Gasteiger partial charge >= 0.3 is 11.9 Å². The number of carbonyl (C=O) groups is 2. The summed E-state index contributed by atoms with van der Waals surface area (Å²) in [6.45, 7) is 4.67. The highest BCUT2D eigenvalue weighted by atomic mass is 16.6. The van der Waals surface area contributed by atoms with Crippen molar-refractivity contribution >= 4 is 11.9 Å². The molecular formula is C12H21NO7. The minimum absolute atomic E-state index is 0.0721. The molecule has 8 nitrogen and oxygen atoms in total. The Labute approximate surface area is 117 Å². The van der Waals surface area contributed by atoms with Crippen molar-refractivity contribution < 1.29 is 34.0 Å². The van der Waals surface area contributed by atoms with E-state index in [1.54, 1.807) is 0 Å². The van der Waals surface area contributed by atoms with E-state index in [2.05, 4.69) is 4.74 Å². The topological polar surface area (TPSA) is 106 Å². The summed E-state index contributed by atoms with van der Waals surface area (Å²) < 4.78 is 14.8. The van der Waals surface area contributed by atoms with Gasteiger partial charge in [-0.3, -0.25) is 9.69 Å². The van der Waals surface area contributed by atoms with Gasteiger partial charge in [-0.1, -0.05) is 0 Å². The maximum atomic E-state index is 11.8. The Morgan fingerprint density at radius 3 is 2.45 bits per heavy atom. The summed E-state index contributed by atoms with van der Waals surface area (Å²) in [4.78, 5) is 25.3. The summed E-state index contributed by atoms with van der Waals surface area (Å²) in [6.07, 6.45) is -1.75. The lowest BCUT2D eigenvalue weighted by molar-refractivity contribution is -0.186. The molecule has 0 aromatic rings. The van der Waals surface area contributed by atoms with Crippen LogP contribution in [0.2, 0.25) is 0 Å². The molecule has 0 atom stereocenters. The molecule has 1 aliphatic heterocycles. The molecule has 0 radical (unpaired) electrons. The van der Waals surface area contributed by atoms with Crippen molar-refractivity contribution in [1.82, 2.24) is 4.90 Å². The maximum Gasteiger partial charge on any atom is 0.350 e. The van der Waals surface area contributed by atoms with Gasteiger partial charge in [0.25, 0.3) is 0 Å². The molecule has 1 rings (SSSR count). The molecule has 0 aromatic heterocycles. The van der Waals surface area contributed by atoms with Crippen LogP contribution in [0.15, 0.2) is 0 Å². The molecular weight excluding hydrogens is 270 g/mol. The Balaban J connectivity index is 2.39. The molecule has 0 amide bonds. The lowest BCUT2D eigenvalue weighted by atomic mass is 10.1. The smallest absolute Gasteiger partial charge is 0.350 e. The molecule has 1 saturated heterocycles. The standard InChI is InChI=1S/C12H21NO7/c1-12(2,11(17)19-8-9(14)15)20-10(16)7-13-3-5-18-6-4-13/h9,14-15H,3-8H2,1-2H3. The molecule has 8 heteroatoms. The first-order valence-electron chi connectivity index (χ1n) is 6.36. The summed E-state index contributed by atoms with van der Waals surface area (Å²) >= 11 is 0. The lowest BCUT2D eigenvalue weighted by Crippen LogP contribution is -2.45. The van der Waals surface area contributed by atoms with E-state index in [1.165, 1.54) is 13.8 Å². The molecule has 20 heavy (non-hydrogen) atoms. The first-order valence-corrected chi connectivity index (χ1v) is 6.36. The number of rotatable bonds is 6. The van der Waals surface area contributed by atoms with E-state index >= 15 is 0 Å². The maximum absolute atomic E-state index is 11.8. The average molecular weight is 291 g/mol. The van der Waals surface area contributed by atoms with Crippen molar-refractivity contribution in [2.75, 3.05) is 39.5 Å². The quantitative estimate of drug-likeness (QED) is 0.450. The van der Waals surface area contributed by atoms with Crippen LogP contribution in [-0.4, -0.2) is 78.4 Å². The van der Waals surface area contributed by atoms with E-state index in [4.69, 9.17) is 19.7 Å². The highest BCUT2D eigenvalue weighted by molar-refractivity contribution is 5.83. The number of morpholine rings is 1. The van der Waals surface area contributed by atoms with E-state index in [1.807, 2.05) is 4.90 Å². The summed E-state index contributed by atoms with van der Waals surface area (Å²) in [7, 11) is 0. The molecule has 0 aromatic carbocycles. The zero-order valence-electron chi connectivity index (χ0n) is 11.7.